The summed E-state index contributed by atoms with van der Waals surface area (Å²) in [4.78, 5) is 143. The molecule has 3 fully saturated rings. The van der Waals surface area contributed by atoms with Crippen molar-refractivity contribution in [2.45, 2.75) is 101 Å². The van der Waals surface area contributed by atoms with Gasteiger partial charge in [-0.15, -0.1) is 0 Å². The molecule has 2 unspecified atom stereocenters. The molecule has 9 aromatic rings. The molecule has 0 spiro atoms. The molecule has 3 heterocycles. The zero-order chi connectivity index (χ0) is 76.9. The highest BCUT2D eigenvalue weighted by atomic mass is 16.7. The highest BCUT2D eigenvalue weighted by Gasteiger charge is 2.90. The van der Waals surface area contributed by atoms with Crippen LogP contribution in [0.1, 0.15) is 93.2 Å². The van der Waals surface area contributed by atoms with Gasteiger partial charge in [0, 0.05) is 47.6 Å². The minimum absolute atomic E-state index is 0.0913. The summed E-state index contributed by atoms with van der Waals surface area (Å²) in [5, 5.41) is 116. The van der Waals surface area contributed by atoms with Gasteiger partial charge in [-0.2, -0.15) is 0 Å². The van der Waals surface area contributed by atoms with Crippen LogP contribution < -0.4 is 0 Å². The number of benzene rings is 9. The number of carbonyl (C=O) groups excluding carboxylic acids is 9. The van der Waals surface area contributed by atoms with E-state index in [2.05, 4.69) is 0 Å². The second-order valence-corrected chi connectivity index (χ2v) is 26.0. The van der Waals surface area contributed by atoms with E-state index in [4.69, 9.17) is 37.9 Å². The van der Waals surface area contributed by atoms with Gasteiger partial charge in [0.2, 0.25) is 0 Å². The summed E-state index contributed by atoms with van der Waals surface area (Å²) in [6.45, 7) is -1.16. The fourth-order valence-electron chi connectivity index (χ4n) is 14.6. The maximum Gasteiger partial charge on any atom is 0.338 e. The first-order valence-corrected chi connectivity index (χ1v) is 33.9. The number of hydrogen-bond donors (Lipinski definition) is 8. The molecule has 108 heavy (non-hydrogen) atoms. The first-order valence-electron chi connectivity index (χ1n) is 33.9. The summed E-state index contributed by atoms with van der Waals surface area (Å²) in [5.74, 6) is -14.9. The number of rotatable bonds is 25. The van der Waals surface area contributed by atoms with E-state index in [1.807, 2.05) is 0 Å². The molecule has 9 aromatic carbocycles. The van der Waals surface area contributed by atoms with Gasteiger partial charge >= 0.3 is 17.9 Å². The minimum atomic E-state index is -5.24. The van der Waals surface area contributed by atoms with E-state index in [-0.39, 0.29) is 16.7 Å². The molecule has 25 nitrogen and oxygen atoms in total. The third-order valence-electron chi connectivity index (χ3n) is 20.0. The van der Waals surface area contributed by atoms with Crippen molar-refractivity contribution in [2.24, 2.45) is 0 Å². The van der Waals surface area contributed by atoms with Crippen LogP contribution in [0.25, 0.3) is 0 Å². The van der Waals surface area contributed by atoms with Crippen LogP contribution in [0.4, 0.5) is 0 Å². The smallest absolute Gasteiger partial charge is 0.338 e. The van der Waals surface area contributed by atoms with Crippen LogP contribution in [0.5, 0.6) is 0 Å². The van der Waals surface area contributed by atoms with Crippen LogP contribution >= 0.6 is 0 Å². The Bertz CT molecular complexity index is 4740. The Morgan fingerprint density at radius 3 is 1.06 bits per heavy atom. The fourth-order valence-corrected chi connectivity index (χ4v) is 14.6. The third kappa shape index (κ3) is 13.1. The third-order valence-corrected chi connectivity index (χ3v) is 20.0. The van der Waals surface area contributed by atoms with Crippen LogP contribution in [-0.4, -0.2) is 215 Å². The van der Waals surface area contributed by atoms with Crippen molar-refractivity contribution in [2.75, 3.05) is 20.8 Å². The lowest BCUT2D eigenvalue weighted by Crippen LogP contribution is -2.96. The Hall–Kier alpha value is -11.1. The molecule has 0 aromatic heterocycles. The Kier molecular flexibility index (Phi) is 22.2. The highest BCUT2D eigenvalue weighted by molar-refractivity contribution is 6.13. The molecule has 0 aliphatic carbocycles. The van der Waals surface area contributed by atoms with Crippen LogP contribution in [0.15, 0.2) is 273 Å². The fraction of sp³-hybridized carbons (Fsp3) is 0.241. The summed E-state index contributed by atoms with van der Waals surface area (Å²) in [5.41, 5.74) is -32.3. The van der Waals surface area contributed by atoms with Crippen molar-refractivity contribution in [1.29, 1.82) is 0 Å². The molecule has 0 bridgehead atoms. The van der Waals surface area contributed by atoms with Crippen LogP contribution in [-0.2, 0) is 37.9 Å². The number of hydrogen-bond acceptors (Lipinski definition) is 25. The van der Waals surface area contributed by atoms with E-state index in [1.165, 1.54) is 194 Å². The van der Waals surface area contributed by atoms with E-state index in [9.17, 15) is 30.3 Å². The number of ketones is 6. The van der Waals surface area contributed by atoms with Crippen molar-refractivity contribution in [3.63, 3.8) is 0 Å². The highest BCUT2D eigenvalue weighted by Crippen LogP contribution is 2.61. The van der Waals surface area contributed by atoms with Crippen molar-refractivity contribution < 1.29 is 122 Å². The normalized spacial score (nSPS) is 28.7. The number of carbonyl (C=O) groups is 9. The minimum Gasteiger partial charge on any atom is -0.459 e. The van der Waals surface area contributed by atoms with Crippen LogP contribution in [0, 0.1) is 0 Å². The Morgan fingerprint density at radius 1 is 0.370 bits per heavy atom. The number of aliphatic hydroxyl groups excluding tert-OH is 3. The SMILES string of the molecule is CO[C@H]1O[C@H](COC(=O)c2ccccc2)[C@@H](OC(=O)c2ccccc2)[C@@](OC)([C@@H]2O[C@H](C(O)C(=O)c3ccccc3)[C@](O)(C(=O)c3ccccc3)[C@@](O)([C@@H]3O[C@H](C(O)C(=O)c4ccccc4)[C@](O)(C(=O)c4ccccc4)[C@H](O)[C@@]3(O)C(=O)c3ccccc3)[C@@]2(O)C(=O)c2ccccc2)[C@@H]1OC(=O)c1ccccc1. The van der Waals surface area contributed by atoms with Gasteiger partial charge in [0.05, 0.1) is 16.7 Å². The Morgan fingerprint density at radius 2 is 0.685 bits per heavy atom. The van der Waals surface area contributed by atoms with Gasteiger partial charge in [-0.1, -0.05) is 237 Å². The average Bonchev–Trinajstić information content (AvgIpc) is 0.649. The van der Waals surface area contributed by atoms with Gasteiger partial charge in [0.25, 0.3) is 0 Å². The van der Waals surface area contributed by atoms with E-state index in [1.54, 1.807) is 6.07 Å². The predicted octanol–water partition coefficient (Wildman–Crippen LogP) is 5.62. The molecule has 12 rings (SSSR count). The monoisotopic (exact) mass is 1470 g/mol. The second kappa shape index (κ2) is 31.4. The lowest BCUT2D eigenvalue weighted by Gasteiger charge is -2.68. The van der Waals surface area contributed by atoms with Crippen molar-refractivity contribution in [1.82, 2.24) is 0 Å². The molecule has 0 radical (unpaired) electrons. The lowest BCUT2D eigenvalue weighted by molar-refractivity contribution is -0.427. The van der Waals surface area contributed by atoms with E-state index >= 15 is 53.7 Å². The molecule has 0 saturated carbocycles. The van der Waals surface area contributed by atoms with Crippen LogP contribution in [0.2, 0.25) is 0 Å². The van der Waals surface area contributed by atoms with E-state index in [0.717, 1.165) is 87.0 Å². The zero-order valence-electron chi connectivity index (χ0n) is 57.6. The van der Waals surface area contributed by atoms with E-state index < -0.39 is 194 Å². The molecular weight excluding hydrogens is 1400 g/mol. The van der Waals surface area contributed by atoms with Crippen molar-refractivity contribution in [3.05, 3.63) is 323 Å². The molecule has 0 amide bonds. The Labute approximate surface area is 616 Å². The largest absolute Gasteiger partial charge is 0.459 e. The summed E-state index contributed by atoms with van der Waals surface area (Å²) in [7, 11) is 1.70. The Balaban J connectivity index is 1.28. The summed E-state index contributed by atoms with van der Waals surface area (Å²) in [6, 6.07) is 56.5. The van der Waals surface area contributed by atoms with E-state index in [0.29, 0.717) is 0 Å². The first kappa shape index (κ1) is 76.5. The van der Waals surface area contributed by atoms with Crippen molar-refractivity contribution >= 4 is 52.6 Å². The molecule has 25 heteroatoms. The number of esters is 3. The summed E-state index contributed by atoms with van der Waals surface area (Å²) >= 11 is 0. The zero-order valence-corrected chi connectivity index (χ0v) is 57.6. The molecular formula is C83H72O25. The predicted molar refractivity (Wildman–Crippen MR) is 378 cm³/mol. The number of aliphatic hydroxyl groups is 8. The van der Waals surface area contributed by atoms with Crippen LogP contribution in [0.3, 0.4) is 0 Å². The first-order chi connectivity index (χ1) is 51.9. The molecule has 554 valence electrons. The lowest BCUT2D eigenvalue weighted by atomic mass is 9.49. The van der Waals surface area contributed by atoms with Gasteiger partial charge in [0.15, 0.2) is 86.8 Å². The van der Waals surface area contributed by atoms with Gasteiger partial charge < -0.3 is 78.7 Å². The topological polar surface area (TPSA) is 389 Å². The molecule has 3 aliphatic heterocycles. The van der Waals surface area contributed by atoms with Gasteiger partial charge in [-0.25, -0.2) is 14.4 Å². The average molecular weight is 1470 g/mol. The number of Topliss-reactive ketones (excluding diaryl/α,β-unsaturated/α-hetero) is 6. The molecule has 8 N–H and O–H groups in total. The van der Waals surface area contributed by atoms with Crippen molar-refractivity contribution in [3.8, 4) is 0 Å². The second-order valence-electron chi connectivity index (χ2n) is 26.0. The standard InChI is InChI=1S/C83H72O25/c1-101-74-70(106-73(94)57-46-28-11-29-47-57)80(102-2,67(105-72(93)56-44-26-10-27-45-56)58(104-74)48-103-71(92)55-42-24-9-25-43-55)77-82(99,66(91)54-40-22-8-23-41-54)83(100,81(98,65(90)53-38-20-7-21-39-53)69(108-77)62(87)60(85)50-32-14-4-15-33-50)76-79(97,64(89)52-36-18-6-19-37-52)75(95)78(96,63(88)51-34-16-5-17-35-51)68(107-76)61(86)59(84)49-30-12-3-13-31-49/h3-47,58,61-62,67-70,74-77,86-87,95-100H,48H2,1-2H3/t58-,61?,62?,67-,68-,69-,70-,74+,75+,76-,77+,78-,79+,80+,81-,82-,83+/m1/s1. The number of methoxy groups -OCH3 is 2. The molecule has 3 aliphatic rings. The quantitative estimate of drug-likeness (QED) is 0.0195. The molecule has 17 atom stereocenters. The maximum absolute atomic E-state index is 17.6. The summed E-state index contributed by atoms with van der Waals surface area (Å²) < 4.78 is 52.1. The summed E-state index contributed by atoms with van der Waals surface area (Å²) in [6.07, 6.45) is -34.8. The maximum atomic E-state index is 17.6. The van der Waals surface area contributed by atoms with Gasteiger partial charge in [-0.3, -0.25) is 28.8 Å². The molecule has 3 saturated heterocycles. The van der Waals surface area contributed by atoms with Gasteiger partial charge in [-0.05, 0) is 36.4 Å². The van der Waals surface area contributed by atoms with Gasteiger partial charge in [0.1, 0.15) is 55.4 Å². The number of ether oxygens (including phenoxy) is 8.